The van der Waals surface area contributed by atoms with Crippen LogP contribution in [0.5, 0.6) is 0 Å². The molecule has 0 fully saturated rings. The van der Waals surface area contributed by atoms with Crippen LogP contribution in [-0.4, -0.2) is 28.8 Å². The number of rotatable bonds is 7. The fourth-order valence-electron chi connectivity index (χ4n) is 2.47. The molecule has 2 N–H and O–H groups in total. The minimum Gasteiger partial charge on any atom is -0.340 e. The highest BCUT2D eigenvalue weighted by atomic mass is 16.6. The number of nitriles is 1. The molecule has 0 saturated heterocycles. The Morgan fingerprint density at radius 3 is 2.37 bits per heavy atom. The molecule has 0 aliphatic rings. The van der Waals surface area contributed by atoms with Crippen LogP contribution in [0.15, 0.2) is 54.6 Å². The number of hydrogen-bond acceptors (Lipinski definition) is 5. The lowest BCUT2D eigenvalue weighted by atomic mass is 10.0. The van der Waals surface area contributed by atoms with E-state index in [0.29, 0.717) is 0 Å². The predicted molar refractivity (Wildman–Crippen MR) is 97.7 cm³/mol. The van der Waals surface area contributed by atoms with Crippen molar-refractivity contribution in [3.05, 3.63) is 75.8 Å². The second-order valence-corrected chi connectivity index (χ2v) is 5.85. The van der Waals surface area contributed by atoms with Crippen LogP contribution >= 0.6 is 0 Å². The molecular weight excluding hydrogens is 348 g/mol. The Hall–Kier alpha value is -3.73. The largest absolute Gasteiger partial charge is 0.340 e. The van der Waals surface area contributed by atoms with Gasteiger partial charge in [0, 0.05) is 12.5 Å². The molecule has 27 heavy (non-hydrogen) atoms. The molecule has 2 atom stereocenters. The zero-order valence-corrected chi connectivity index (χ0v) is 14.6. The predicted octanol–water partition coefficient (Wildman–Crippen LogP) is 1.96. The lowest BCUT2D eigenvalue weighted by Crippen LogP contribution is -2.50. The molecule has 0 aromatic heterocycles. The summed E-state index contributed by atoms with van der Waals surface area (Å²) in [6, 6.07) is 14.7. The van der Waals surface area contributed by atoms with Crippen molar-refractivity contribution in [2.24, 2.45) is 0 Å². The fourth-order valence-corrected chi connectivity index (χ4v) is 2.47. The van der Waals surface area contributed by atoms with Crippen molar-refractivity contribution < 1.29 is 14.5 Å². The number of nitro benzene ring substituents is 1. The van der Waals surface area contributed by atoms with Gasteiger partial charge in [-0.15, -0.1) is 0 Å². The fraction of sp³-hybridized carbons (Fsp3) is 0.211. The van der Waals surface area contributed by atoms with Gasteiger partial charge in [0.15, 0.2) is 0 Å². The van der Waals surface area contributed by atoms with Crippen LogP contribution in [0.25, 0.3) is 0 Å². The highest BCUT2D eigenvalue weighted by molar-refractivity contribution is 6.00. The summed E-state index contributed by atoms with van der Waals surface area (Å²) in [5, 5.41) is 25.1. The Labute approximate surface area is 156 Å². The Kier molecular flexibility index (Phi) is 6.61. The van der Waals surface area contributed by atoms with Crippen molar-refractivity contribution in [1.29, 1.82) is 5.26 Å². The Morgan fingerprint density at radius 1 is 1.11 bits per heavy atom. The molecule has 2 aromatic rings. The van der Waals surface area contributed by atoms with Gasteiger partial charge >= 0.3 is 0 Å². The maximum Gasteiger partial charge on any atom is 0.282 e. The number of carbonyl (C=O) groups excluding carboxylic acids is 2. The van der Waals surface area contributed by atoms with Gasteiger partial charge in [-0.3, -0.25) is 19.7 Å². The summed E-state index contributed by atoms with van der Waals surface area (Å²) < 4.78 is 0. The van der Waals surface area contributed by atoms with E-state index in [2.05, 4.69) is 10.6 Å². The molecule has 8 nitrogen and oxygen atoms in total. The summed E-state index contributed by atoms with van der Waals surface area (Å²) in [4.78, 5) is 35.5. The van der Waals surface area contributed by atoms with Gasteiger partial charge < -0.3 is 10.6 Å². The summed E-state index contributed by atoms with van der Waals surface area (Å²) in [5.74, 6) is -1.28. The quantitative estimate of drug-likeness (QED) is 0.572. The van der Waals surface area contributed by atoms with E-state index in [4.69, 9.17) is 5.26 Å². The van der Waals surface area contributed by atoms with Gasteiger partial charge in [-0.05, 0) is 18.6 Å². The van der Waals surface area contributed by atoms with Gasteiger partial charge in [-0.25, -0.2) is 0 Å². The van der Waals surface area contributed by atoms with Crippen LogP contribution in [0, 0.1) is 21.4 Å². The molecule has 0 radical (unpaired) electrons. The van der Waals surface area contributed by atoms with E-state index < -0.39 is 28.8 Å². The minimum absolute atomic E-state index is 0.137. The molecule has 0 spiro atoms. The third-order valence-corrected chi connectivity index (χ3v) is 3.80. The van der Waals surface area contributed by atoms with E-state index in [9.17, 15) is 19.7 Å². The maximum absolute atomic E-state index is 12.6. The van der Waals surface area contributed by atoms with Crippen molar-refractivity contribution in [2.75, 3.05) is 0 Å². The number of nitrogens with zero attached hydrogens (tertiary/aromatic N) is 2. The number of hydrogen-bond donors (Lipinski definition) is 2. The Bertz CT molecular complexity index is 877. The molecule has 0 aliphatic carbocycles. The molecule has 0 heterocycles. The van der Waals surface area contributed by atoms with E-state index in [1.54, 1.807) is 24.3 Å². The number of para-hydroxylation sites is 1. The lowest BCUT2D eigenvalue weighted by Gasteiger charge is -2.19. The number of amides is 2. The standard InChI is InChI=1S/C19H18N4O4/c1-13(12-20)21-19(25)16(11-14-7-3-2-4-8-14)22-18(24)15-9-5-6-10-17(15)23(26)27/h2-10,13,16H,11H2,1H3,(H,21,25)(H,22,24). The van der Waals surface area contributed by atoms with E-state index in [0.717, 1.165) is 5.56 Å². The van der Waals surface area contributed by atoms with E-state index in [1.165, 1.54) is 31.2 Å². The van der Waals surface area contributed by atoms with Crippen LogP contribution in [-0.2, 0) is 11.2 Å². The van der Waals surface area contributed by atoms with Crippen LogP contribution in [0.1, 0.15) is 22.8 Å². The number of carbonyl (C=O) groups is 2. The van der Waals surface area contributed by atoms with Crippen molar-refractivity contribution in [1.82, 2.24) is 10.6 Å². The second-order valence-electron chi connectivity index (χ2n) is 5.85. The first-order valence-electron chi connectivity index (χ1n) is 8.20. The van der Waals surface area contributed by atoms with Crippen LogP contribution in [0.4, 0.5) is 5.69 Å². The maximum atomic E-state index is 12.6. The smallest absolute Gasteiger partial charge is 0.282 e. The monoisotopic (exact) mass is 366 g/mol. The molecule has 0 saturated carbocycles. The lowest BCUT2D eigenvalue weighted by molar-refractivity contribution is -0.385. The Morgan fingerprint density at radius 2 is 1.74 bits per heavy atom. The summed E-state index contributed by atoms with van der Waals surface area (Å²) in [5.41, 5.74) is 0.311. The van der Waals surface area contributed by atoms with Crippen LogP contribution in [0.3, 0.4) is 0 Å². The molecule has 2 unspecified atom stereocenters. The second kappa shape index (κ2) is 9.10. The molecule has 2 aromatic carbocycles. The molecule has 2 amide bonds. The molecule has 8 heteroatoms. The minimum atomic E-state index is -0.990. The van der Waals surface area contributed by atoms with Gasteiger partial charge in [0.25, 0.3) is 11.6 Å². The van der Waals surface area contributed by atoms with Gasteiger partial charge in [0.05, 0.1) is 11.0 Å². The van der Waals surface area contributed by atoms with Gasteiger partial charge in [0.2, 0.25) is 5.91 Å². The summed E-state index contributed by atoms with van der Waals surface area (Å²) in [6.45, 7) is 1.52. The first kappa shape index (κ1) is 19.6. The number of nitrogens with one attached hydrogen (secondary N) is 2. The van der Waals surface area contributed by atoms with Gasteiger partial charge in [-0.2, -0.15) is 5.26 Å². The number of benzene rings is 2. The SMILES string of the molecule is CC(C#N)NC(=O)C(Cc1ccccc1)NC(=O)c1ccccc1[N+](=O)[O-]. The van der Waals surface area contributed by atoms with E-state index in [-0.39, 0.29) is 17.7 Å². The van der Waals surface area contributed by atoms with Crippen LogP contribution in [0.2, 0.25) is 0 Å². The van der Waals surface area contributed by atoms with Gasteiger partial charge in [0.1, 0.15) is 17.6 Å². The summed E-state index contributed by atoms with van der Waals surface area (Å²) in [6.07, 6.45) is 0.178. The molecule has 138 valence electrons. The van der Waals surface area contributed by atoms with E-state index in [1.807, 2.05) is 12.1 Å². The van der Waals surface area contributed by atoms with Crippen molar-refractivity contribution >= 4 is 17.5 Å². The normalized spacial score (nSPS) is 12.3. The summed E-state index contributed by atoms with van der Waals surface area (Å²) in [7, 11) is 0. The summed E-state index contributed by atoms with van der Waals surface area (Å²) >= 11 is 0. The third-order valence-electron chi connectivity index (χ3n) is 3.80. The van der Waals surface area contributed by atoms with Crippen molar-refractivity contribution in [3.63, 3.8) is 0 Å². The zero-order chi connectivity index (χ0) is 19.8. The molecular formula is C19H18N4O4. The molecule has 0 bridgehead atoms. The zero-order valence-electron chi connectivity index (χ0n) is 14.6. The van der Waals surface area contributed by atoms with Crippen LogP contribution < -0.4 is 10.6 Å². The molecule has 2 rings (SSSR count). The first-order valence-corrected chi connectivity index (χ1v) is 8.20. The van der Waals surface area contributed by atoms with Crippen molar-refractivity contribution in [3.8, 4) is 6.07 Å². The first-order chi connectivity index (χ1) is 12.9. The topological polar surface area (TPSA) is 125 Å². The average Bonchev–Trinajstić information content (AvgIpc) is 2.67. The average molecular weight is 366 g/mol. The molecule has 0 aliphatic heterocycles. The van der Waals surface area contributed by atoms with Crippen molar-refractivity contribution in [2.45, 2.75) is 25.4 Å². The Balaban J connectivity index is 2.25. The van der Waals surface area contributed by atoms with Gasteiger partial charge in [-0.1, -0.05) is 42.5 Å². The van der Waals surface area contributed by atoms with E-state index >= 15 is 0 Å². The number of nitro groups is 1. The highest BCUT2D eigenvalue weighted by Crippen LogP contribution is 2.17. The highest BCUT2D eigenvalue weighted by Gasteiger charge is 2.26. The third kappa shape index (κ3) is 5.37.